The first-order valence-corrected chi connectivity index (χ1v) is 7.08. The van der Waals surface area contributed by atoms with Crippen molar-refractivity contribution in [2.75, 3.05) is 13.7 Å². The van der Waals surface area contributed by atoms with Crippen LogP contribution in [0.15, 0.2) is 42.5 Å². The van der Waals surface area contributed by atoms with Gasteiger partial charge in [0.05, 0.1) is 18.1 Å². The van der Waals surface area contributed by atoms with Gasteiger partial charge in [0, 0.05) is 18.7 Å². The molecule has 0 spiro atoms. The number of non-ortho nitro benzene ring substituents is 1. The second-order valence-corrected chi connectivity index (χ2v) is 5.19. The van der Waals surface area contributed by atoms with Crippen molar-refractivity contribution in [1.29, 1.82) is 0 Å². The van der Waals surface area contributed by atoms with E-state index >= 15 is 0 Å². The van der Waals surface area contributed by atoms with Gasteiger partial charge in [-0.15, -0.1) is 0 Å². The molecule has 7 heteroatoms. The third-order valence-corrected chi connectivity index (χ3v) is 3.77. The largest absolute Gasteiger partial charge is 0.504 e. The molecule has 1 aliphatic heterocycles. The maximum absolute atomic E-state index is 10.7. The predicted octanol–water partition coefficient (Wildman–Crippen LogP) is 2.67. The summed E-state index contributed by atoms with van der Waals surface area (Å²) in [4.78, 5) is 10.3. The molecule has 23 heavy (non-hydrogen) atoms. The molecule has 3 rings (SSSR count). The first-order valence-electron chi connectivity index (χ1n) is 7.08. The summed E-state index contributed by atoms with van der Waals surface area (Å²) in [7, 11) is 1.49. The molecule has 0 aliphatic carbocycles. The van der Waals surface area contributed by atoms with Crippen LogP contribution in [-0.2, 0) is 4.74 Å². The van der Waals surface area contributed by atoms with Crippen LogP contribution in [0.2, 0.25) is 0 Å². The van der Waals surface area contributed by atoms with Gasteiger partial charge in [-0.3, -0.25) is 15.4 Å². The van der Waals surface area contributed by atoms with E-state index in [1.54, 1.807) is 30.3 Å². The summed E-state index contributed by atoms with van der Waals surface area (Å²) >= 11 is 0. The Labute approximate surface area is 132 Å². The molecule has 0 aromatic heterocycles. The number of nitrogens with zero attached hydrogens (tertiary/aromatic N) is 1. The molecule has 1 saturated heterocycles. The fraction of sp³-hybridized carbons (Fsp3) is 0.250. The third-order valence-electron chi connectivity index (χ3n) is 3.77. The molecule has 0 radical (unpaired) electrons. The normalized spacial score (nSPS) is 20.4. The summed E-state index contributed by atoms with van der Waals surface area (Å²) in [5, 5.41) is 23.6. The van der Waals surface area contributed by atoms with Gasteiger partial charge in [0.2, 0.25) is 0 Å². The molecular weight excluding hydrogens is 300 g/mol. The lowest BCUT2D eigenvalue weighted by Gasteiger charge is -2.14. The summed E-state index contributed by atoms with van der Waals surface area (Å²) in [6.45, 7) is 0.589. The van der Waals surface area contributed by atoms with E-state index in [9.17, 15) is 15.2 Å². The molecule has 0 unspecified atom stereocenters. The topological polar surface area (TPSA) is 93.9 Å². The monoisotopic (exact) mass is 316 g/mol. The lowest BCUT2D eigenvalue weighted by atomic mass is 10.1. The Bertz CT molecular complexity index is 717. The molecule has 1 aliphatic rings. The van der Waals surface area contributed by atoms with Crippen molar-refractivity contribution in [3.63, 3.8) is 0 Å². The number of nitro groups is 1. The number of benzene rings is 2. The van der Waals surface area contributed by atoms with Gasteiger partial charge in [-0.2, -0.15) is 0 Å². The molecule has 2 N–H and O–H groups in total. The molecular formula is C16H16N2O5. The number of hydrogen-bond acceptors (Lipinski definition) is 6. The van der Waals surface area contributed by atoms with Crippen LogP contribution in [0.1, 0.15) is 23.5 Å². The zero-order valence-electron chi connectivity index (χ0n) is 12.4. The second-order valence-electron chi connectivity index (χ2n) is 5.19. The lowest BCUT2D eigenvalue weighted by Crippen LogP contribution is -2.14. The van der Waals surface area contributed by atoms with Gasteiger partial charge >= 0.3 is 0 Å². The van der Waals surface area contributed by atoms with Gasteiger partial charge < -0.3 is 14.6 Å². The number of aromatic hydroxyl groups is 1. The third kappa shape index (κ3) is 3.10. The lowest BCUT2D eigenvalue weighted by molar-refractivity contribution is -0.384. The summed E-state index contributed by atoms with van der Waals surface area (Å²) in [5.74, 6) is 0.452. The van der Waals surface area contributed by atoms with Crippen LogP contribution in [0.3, 0.4) is 0 Å². The average Bonchev–Trinajstić information content (AvgIpc) is 3.05. The average molecular weight is 316 g/mol. The number of nitro benzene ring substituents is 1. The van der Waals surface area contributed by atoms with Crippen LogP contribution in [0, 0.1) is 10.1 Å². The van der Waals surface area contributed by atoms with E-state index < -0.39 is 4.92 Å². The van der Waals surface area contributed by atoms with E-state index in [1.807, 2.05) is 0 Å². The van der Waals surface area contributed by atoms with Crippen molar-refractivity contribution in [1.82, 2.24) is 5.32 Å². The molecule has 2 aromatic rings. The highest BCUT2D eigenvalue weighted by atomic mass is 16.6. The number of ether oxygens (including phenoxy) is 2. The van der Waals surface area contributed by atoms with Crippen LogP contribution in [0.25, 0.3) is 0 Å². The number of methoxy groups -OCH3 is 1. The Kier molecular flexibility index (Phi) is 4.14. The molecule has 2 aromatic carbocycles. The van der Waals surface area contributed by atoms with Crippen molar-refractivity contribution in [3.8, 4) is 11.5 Å². The van der Waals surface area contributed by atoms with Crippen LogP contribution in [0.4, 0.5) is 5.69 Å². The van der Waals surface area contributed by atoms with E-state index in [0.29, 0.717) is 12.3 Å². The van der Waals surface area contributed by atoms with Gasteiger partial charge in [0.15, 0.2) is 11.5 Å². The minimum atomic E-state index is -0.428. The van der Waals surface area contributed by atoms with E-state index in [-0.39, 0.29) is 23.8 Å². The van der Waals surface area contributed by atoms with Gasteiger partial charge in [0.1, 0.15) is 6.23 Å². The smallest absolute Gasteiger partial charge is 0.269 e. The molecule has 0 saturated carbocycles. The molecule has 1 fully saturated rings. The van der Waals surface area contributed by atoms with Crippen molar-refractivity contribution in [2.45, 2.75) is 12.3 Å². The molecule has 2 atom stereocenters. The Morgan fingerprint density at radius 1 is 1.26 bits per heavy atom. The van der Waals surface area contributed by atoms with E-state index in [4.69, 9.17) is 9.47 Å². The summed E-state index contributed by atoms with van der Waals surface area (Å²) < 4.78 is 11.1. The summed E-state index contributed by atoms with van der Waals surface area (Å²) in [6, 6.07) is 11.4. The van der Waals surface area contributed by atoms with Gasteiger partial charge in [-0.05, 0) is 35.4 Å². The van der Waals surface area contributed by atoms with Gasteiger partial charge in [-0.25, -0.2) is 0 Å². The maximum atomic E-state index is 10.7. The Morgan fingerprint density at radius 2 is 1.96 bits per heavy atom. The molecule has 0 amide bonds. The highest BCUT2D eigenvalue weighted by Gasteiger charge is 2.28. The van der Waals surface area contributed by atoms with E-state index in [1.165, 1.54) is 19.2 Å². The zero-order valence-corrected chi connectivity index (χ0v) is 12.4. The minimum absolute atomic E-state index is 0.0551. The molecule has 0 bridgehead atoms. The fourth-order valence-corrected chi connectivity index (χ4v) is 2.54. The minimum Gasteiger partial charge on any atom is -0.504 e. The first kappa shape index (κ1) is 15.3. The number of rotatable bonds is 4. The van der Waals surface area contributed by atoms with Crippen LogP contribution in [0.5, 0.6) is 11.5 Å². The number of nitrogens with one attached hydrogen (secondary N) is 1. The Balaban J connectivity index is 1.74. The van der Waals surface area contributed by atoms with E-state index in [2.05, 4.69) is 5.32 Å². The van der Waals surface area contributed by atoms with Crippen molar-refractivity contribution in [2.24, 2.45) is 0 Å². The van der Waals surface area contributed by atoms with Crippen molar-refractivity contribution >= 4 is 5.69 Å². The SMILES string of the molecule is COc1cc([C@@H]2NC[C@H](c3ccc([N+](=O)[O-])cc3)O2)ccc1O. The molecule has 1 heterocycles. The Morgan fingerprint density at radius 3 is 2.61 bits per heavy atom. The highest BCUT2D eigenvalue weighted by molar-refractivity contribution is 5.42. The Hall–Kier alpha value is -2.64. The zero-order chi connectivity index (χ0) is 16.4. The standard InChI is InChI=1S/C16H16N2O5/c1-22-14-8-11(4-7-13(14)19)16-17-9-15(23-16)10-2-5-12(6-3-10)18(20)21/h2-8,15-17,19H,9H2,1H3/t15-,16-/m1/s1. The van der Waals surface area contributed by atoms with Crippen molar-refractivity contribution in [3.05, 3.63) is 63.7 Å². The van der Waals surface area contributed by atoms with Crippen LogP contribution in [-0.4, -0.2) is 23.7 Å². The fourth-order valence-electron chi connectivity index (χ4n) is 2.54. The quantitative estimate of drug-likeness (QED) is 0.665. The molecule has 7 nitrogen and oxygen atoms in total. The van der Waals surface area contributed by atoms with Gasteiger partial charge in [0.25, 0.3) is 5.69 Å². The highest BCUT2D eigenvalue weighted by Crippen LogP contribution is 2.35. The van der Waals surface area contributed by atoms with Crippen LogP contribution < -0.4 is 10.1 Å². The number of phenolic OH excluding ortho intramolecular Hbond substituents is 1. The molecule has 120 valence electrons. The summed E-state index contributed by atoms with van der Waals surface area (Å²) in [6.07, 6.45) is -0.523. The maximum Gasteiger partial charge on any atom is 0.269 e. The number of phenols is 1. The van der Waals surface area contributed by atoms with Gasteiger partial charge in [-0.1, -0.05) is 6.07 Å². The predicted molar refractivity (Wildman–Crippen MR) is 82.3 cm³/mol. The first-order chi connectivity index (χ1) is 11.1. The van der Waals surface area contributed by atoms with E-state index in [0.717, 1.165) is 11.1 Å². The van der Waals surface area contributed by atoms with Crippen LogP contribution >= 0.6 is 0 Å². The summed E-state index contributed by atoms with van der Waals surface area (Å²) in [5.41, 5.74) is 1.76. The number of hydrogen-bond donors (Lipinski definition) is 2. The van der Waals surface area contributed by atoms with Crippen molar-refractivity contribution < 1.29 is 19.5 Å². The second kappa shape index (κ2) is 6.23.